The van der Waals surface area contributed by atoms with Gasteiger partial charge in [-0.25, -0.2) is 0 Å². The third-order valence-corrected chi connectivity index (χ3v) is 2.83. The van der Waals surface area contributed by atoms with E-state index in [-0.39, 0.29) is 11.3 Å². The summed E-state index contributed by atoms with van der Waals surface area (Å²) in [6.07, 6.45) is -4.95. The van der Waals surface area contributed by atoms with Crippen LogP contribution in [0.4, 0.5) is 18.9 Å². The molecule has 2 rings (SSSR count). The second-order valence-corrected chi connectivity index (χ2v) is 4.69. The second-order valence-electron chi connectivity index (χ2n) is 4.26. The largest absolute Gasteiger partial charge is 0.471 e. The third-order valence-electron chi connectivity index (χ3n) is 2.60. The Morgan fingerprint density at radius 3 is 2.45 bits per heavy atom. The molecule has 1 amide bonds. The third kappa shape index (κ3) is 4.27. The van der Waals surface area contributed by atoms with E-state index in [1.54, 1.807) is 35.6 Å². The van der Waals surface area contributed by atoms with Crippen LogP contribution < -0.4 is 5.32 Å². The predicted molar refractivity (Wildman–Crippen MR) is 78.6 cm³/mol. The van der Waals surface area contributed by atoms with Crippen LogP contribution in [0.2, 0.25) is 5.02 Å². The SMILES string of the molecule is O=C(Nc1ccccc1C#Cc1cccc(Cl)c1)C(F)(F)F. The molecular weight excluding hydrogens is 315 g/mol. The molecule has 0 aliphatic carbocycles. The highest BCUT2D eigenvalue weighted by Crippen LogP contribution is 2.20. The lowest BCUT2D eigenvalue weighted by Gasteiger charge is -2.09. The van der Waals surface area contributed by atoms with Crippen LogP contribution in [-0.2, 0) is 4.79 Å². The van der Waals surface area contributed by atoms with Gasteiger partial charge in [-0.15, -0.1) is 0 Å². The number of para-hydroxylation sites is 1. The topological polar surface area (TPSA) is 29.1 Å². The van der Waals surface area contributed by atoms with Gasteiger partial charge in [0.25, 0.3) is 0 Å². The van der Waals surface area contributed by atoms with Crippen LogP contribution in [0, 0.1) is 11.8 Å². The summed E-state index contributed by atoms with van der Waals surface area (Å²) < 4.78 is 36.9. The molecule has 22 heavy (non-hydrogen) atoms. The molecule has 0 aliphatic rings. The number of anilines is 1. The molecule has 0 heterocycles. The number of halogens is 4. The summed E-state index contributed by atoms with van der Waals surface area (Å²) in [5.41, 5.74) is 0.892. The van der Waals surface area contributed by atoms with Crippen LogP contribution in [-0.4, -0.2) is 12.1 Å². The van der Waals surface area contributed by atoms with Crippen molar-refractivity contribution in [2.45, 2.75) is 6.18 Å². The highest BCUT2D eigenvalue weighted by atomic mass is 35.5. The number of rotatable bonds is 1. The first-order chi connectivity index (χ1) is 10.4. The molecule has 0 saturated carbocycles. The lowest BCUT2D eigenvalue weighted by molar-refractivity contribution is -0.167. The van der Waals surface area contributed by atoms with Crippen molar-refractivity contribution in [2.24, 2.45) is 0 Å². The van der Waals surface area contributed by atoms with Crippen LogP contribution in [0.3, 0.4) is 0 Å². The quantitative estimate of drug-likeness (QED) is 0.781. The molecule has 2 aromatic rings. The zero-order valence-corrected chi connectivity index (χ0v) is 11.8. The Bertz CT molecular complexity index is 760. The van der Waals surface area contributed by atoms with E-state index in [2.05, 4.69) is 11.8 Å². The van der Waals surface area contributed by atoms with Gasteiger partial charge in [-0.2, -0.15) is 13.2 Å². The number of nitrogens with one attached hydrogen (secondary N) is 1. The smallest absolute Gasteiger partial charge is 0.317 e. The van der Waals surface area contributed by atoms with Crippen LogP contribution >= 0.6 is 11.6 Å². The summed E-state index contributed by atoms with van der Waals surface area (Å²) in [7, 11) is 0. The summed E-state index contributed by atoms with van der Waals surface area (Å²) in [6, 6.07) is 12.7. The van der Waals surface area contributed by atoms with Gasteiger partial charge in [-0.05, 0) is 30.3 Å². The molecule has 0 unspecified atom stereocenters. The lowest BCUT2D eigenvalue weighted by atomic mass is 10.1. The average Bonchev–Trinajstić information content (AvgIpc) is 2.45. The van der Waals surface area contributed by atoms with Gasteiger partial charge in [0.2, 0.25) is 0 Å². The molecule has 0 bridgehead atoms. The van der Waals surface area contributed by atoms with E-state index < -0.39 is 12.1 Å². The second kappa shape index (κ2) is 6.54. The van der Waals surface area contributed by atoms with Crippen molar-refractivity contribution in [1.29, 1.82) is 0 Å². The number of carbonyl (C=O) groups is 1. The van der Waals surface area contributed by atoms with E-state index in [0.717, 1.165) is 0 Å². The maximum atomic E-state index is 12.3. The fraction of sp³-hybridized carbons (Fsp3) is 0.0625. The summed E-state index contributed by atoms with van der Waals surface area (Å²) in [5, 5.41) is 2.31. The first-order valence-corrected chi connectivity index (χ1v) is 6.49. The molecular formula is C16H9ClF3NO. The van der Waals surface area contributed by atoms with Gasteiger partial charge in [0.05, 0.1) is 5.69 Å². The van der Waals surface area contributed by atoms with Crippen molar-refractivity contribution < 1.29 is 18.0 Å². The number of carbonyl (C=O) groups excluding carboxylic acids is 1. The van der Waals surface area contributed by atoms with Crippen LogP contribution in [0.25, 0.3) is 0 Å². The van der Waals surface area contributed by atoms with Crippen molar-refractivity contribution in [3.8, 4) is 11.8 Å². The summed E-state index contributed by atoms with van der Waals surface area (Å²) >= 11 is 5.83. The Hall–Kier alpha value is -2.45. The van der Waals surface area contributed by atoms with Gasteiger partial charge in [-0.1, -0.05) is 41.6 Å². The molecule has 2 nitrogen and oxygen atoms in total. The van der Waals surface area contributed by atoms with Gasteiger partial charge in [-0.3, -0.25) is 4.79 Å². The fourth-order valence-electron chi connectivity index (χ4n) is 1.60. The standard InChI is InChI=1S/C16H9ClF3NO/c17-13-6-3-4-11(10-13)8-9-12-5-1-2-7-14(12)21-15(22)16(18,19)20/h1-7,10H,(H,21,22). The van der Waals surface area contributed by atoms with Crippen molar-refractivity contribution >= 4 is 23.2 Å². The highest BCUT2D eigenvalue weighted by molar-refractivity contribution is 6.30. The number of hydrogen-bond acceptors (Lipinski definition) is 1. The van der Waals surface area contributed by atoms with E-state index in [0.29, 0.717) is 10.6 Å². The summed E-state index contributed by atoms with van der Waals surface area (Å²) in [5.74, 6) is 3.47. The normalized spacial score (nSPS) is 10.5. The molecule has 6 heteroatoms. The van der Waals surface area contributed by atoms with Gasteiger partial charge in [0.15, 0.2) is 0 Å². The monoisotopic (exact) mass is 323 g/mol. The minimum Gasteiger partial charge on any atom is -0.317 e. The van der Waals surface area contributed by atoms with E-state index in [9.17, 15) is 18.0 Å². The van der Waals surface area contributed by atoms with E-state index in [1.165, 1.54) is 18.2 Å². The summed E-state index contributed by atoms with van der Waals surface area (Å²) in [6.45, 7) is 0. The molecule has 0 saturated heterocycles. The Kier molecular flexibility index (Phi) is 4.74. The molecule has 1 N–H and O–H groups in total. The van der Waals surface area contributed by atoms with Gasteiger partial charge in [0, 0.05) is 16.1 Å². The van der Waals surface area contributed by atoms with Crippen molar-refractivity contribution in [1.82, 2.24) is 0 Å². The molecule has 0 atom stereocenters. The zero-order valence-electron chi connectivity index (χ0n) is 11.0. The molecule has 2 aromatic carbocycles. The number of alkyl halides is 3. The van der Waals surface area contributed by atoms with Crippen molar-refractivity contribution in [3.63, 3.8) is 0 Å². The molecule has 0 radical (unpaired) electrons. The van der Waals surface area contributed by atoms with Gasteiger partial charge < -0.3 is 5.32 Å². The fourth-order valence-corrected chi connectivity index (χ4v) is 1.79. The van der Waals surface area contributed by atoms with E-state index in [1.807, 2.05) is 0 Å². The number of hydrogen-bond donors (Lipinski definition) is 1. The minimum absolute atomic E-state index is 0.000599. The van der Waals surface area contributed by atoms with E-state index in [4.69, 9.17) is 11.6 Å². The highest BCUT2D eigenvalue weighted by Gasteiger charge is 2.38. The Balaban J connectivity index is 2.28. The lowest BCUT2D eigenvalue weighted by Crippen LogP contribution is -2.30. The predicted octanol–water partition coefficient (Wildman–Crippen LogP) is 4.24. The minimum atomic E-state index is -4.95. The maximum absolute atomic E-state index is 12.3. The molecule has 112 valence electrons. The van der Waals surface area contributed by atoms with E-state index >= 15 is 0 Å². The van der Waals surface area contributed by atoms with Crippen molar-refractivity contribution in [3.05, 3.63) is 64.7 Å². The summed E-state index contributed by atoms with van der Waals surface area (Å²) in [4.78, 5) is 11.0. The van der Waals surface area contributed by atoms with Gasteiger partial charge >= 0.3 is 12.1 Å². The van der Waals surface area contributed by atoms with Crippen molar-refractivity contribution in [2.75, 3.05) is 5.32 Å². The molecule has 0 aliphatic heterocycles. The maximum Gasteiger partial charge on any atom is 0.471 e. The molecule has 0 fully saturated rings. The molecule has 0 spiro atoms. The zero-order chi connectivity index (χ0) is 16.2. The van der Waals surface area contributed by atoms with Crippen LogP contribution in [0.1, 0.15) is 11.1 Å². The Labute approximate surface area is 129 Å². The number of benzene rings is 2. The Morgan fingerprint density at radius 2 is 1.77 bits per heavy atom. The first-order valence-electron chi connectivity index (χ1n) is 6.11. The Morgan fingerprint density at radius 1 is 1.05 bits per heavy atom. The average molecular weight is 324 g/mol. The van der Waals surface area contributed by atoms with Crippen LogP contribution in [0.15, 0.2) is 48.5 Å². The first kappa shape index (κ1) is 15.9. The molecule has 0 aromatic heterocycles. The number of amides is 1. The van der Waals surface area contributed by atoms with Crippen LogP contribution in [0.5, 0.6) is 0 Å². The van der Waals surface area contributed by atoms with Gasteiger partial charge in [0.1, 0.15) is 0 Å².